The van der Waals surface area contributed by atoms with Crippen molar-refractivity contribution in [2.24, 2.45) is 0 Å². The highest BCUT2D eigenvalue weighted by molar-refractivity contribution is 6.59. The Morgan fingerprint density at radius 1 is 1.80 bits per heavy atom. The molecule has 1 unspecified atom stereocenters. The number of hydrogen-bond acceptors (Lipinski definition) is 2. The Labute approximate surface area is 66.6 Å². The van der Waals surface area contributed by atoms with Gasteiger partial charge in [0.25, 0.3) is 0 Å². The second-order valence-corrected chi connectivity index (χ2v) is 6.32. The summed E-state index contributed by atoms with van der Waals surface area (Å²) < 4.78 is 5.92. The number of carbonyl (C=O) groups excluding carboxylic acids is 1. The van der Waals surface area contributed by atoms with Crippen LogP contribution in [-0.2, 0) is 4.74 Å². The summed E-state index contributed by atoms with van der Waals surface area (Å²) in [5.74, 6) is 0. The number of halogens is 1. The molecule has 0 bridgehead atoms. The summed E-state index contributed by atoms with van der Waals surface area (Å²) in [5.41, 5.74) is 0.175. The summed E-state index contributed by atoms with van der Waals surface area (Å²) >= 11 is 5.62. The fraction of sp³-hybridized carbons (Fsp3) is 0.800. The predicted molar refractivity (Wildman–Crippen MR) is 41.7 cm³/mol. The van der Waals surface area contributed by atoms with Crippen molar-refractivity contribution in [3.8, 4) is 0 Å². The lowest BCUT2D eigenvalue weighted by atomic mass is 10.7. The van der Waals surface area contributed by atoms with E-state index in [4.69, 9.17) is 16.5 Å². The van der Waals surface area contributed by atoms with Gasteiger partial charge in [-0.2, -0.15) is 0 Å². The zero-order valence-electron chi connectivity index (χ0n) is 6.00. The Morgan fingerprint density at radius 3 is 2.60 bits per heavy atom. The molecule has 1 atom stereocenters. The first-order chi connectivity index (χ1) is 4.63. The molecule has 0 radical (unpaired) electrons. The summed E-state index contributed by atoms with van der Waals surface area (Å²) in [4.78, 5) is 10.7. The third kappa shape index (κ3) is 1.27. The van der Waals surface area contributed by atoms with E-state index >= 15 is 0 Å². The zero-order valence-corrected chi connectivity index (χ0v) is 7.91. The lowest BCUT2D eigenvalue weighted by molar-refractivity contribution is 0.170. The molecule has 1 rings (SSSR count). The monoisotopic (exact) mass is 179 g/mol. The molecule has 58 valence electrons. The topological polar surface area (TPSA) is 29.5 Å². The van der Waals surface area contributed by atoms with Crippen LogP contribution in [0.25, 0.3) is 0 Å². The molecule has 0 aromatic rings. The molecule has 0 spiro atoms. The van der Waals surface area contributed by atoms with E-state index in [0.29, 0.717) is 6.61 Å². The Morgan fingerprint density at radius 2 is 2.40 bits per heavy atom. The van der Waals surface area contributed by atoms with Crippen LogP contribution >= 0.6 is 11.8 Å². The van der Waals surface area contributed by atoms with E-state index in [0.717, 1.165) is 0 Å². The van der Waals surface area contributed by atoms with E-state index in [1.165, 1.54) is 4.42 Å². The van der Waals surface area contributed by atoms with Crippen molar-refractivity contribution in [2.45, 2.75) is 18.8 Å². The number of amides is 1. The summed E-state index contributed by atoms with van der Waals surface area (Å²) in [6.45, 7) is 4.76. The van der Waals surface area contributed by atoms with Gasteiger partial charge in [0, 0.05) is 11.8 Å². The fourth-order valence-electron chi connectivity index (χ4n) is 0.873. The number of ether oxygens (including phenoxy) is 1. The Bertz CT molecular complexity index is 153. The van der Waals surface area contributed by atoms with Gasteiger partial charge in [0.1, 0.15) is 6.61 Å². The molecule has 0 N–H and O–H groups in total. The van der Waals surface area contributed by atoms with Crippen molar-refractivity contribution in [2.75, 3.05) is 6.61 Å². The maximum absolute atomic E-state index is 10.7. The van der Waals surface area contributed by atoms with Gasteiger partial charge in [-0.15, -0.1) is 0 Å². The van der Waals surface area contributed by atoms with E-state index < -0.39 is 14.9 Å². The van der Waals surface area contributed by atoms with Gasteiger partial charge in [-0.1, -0.05) is 13.1 Å². The smallest absolute Gasteiger partial charge is 0.424 e. The standard InChI is InChI=1S/C5H10ClNO2Si/c1-10(2)4-3-9-5(8)7(4)6/h4,10H,3H2,1-2H3. The molecule has 5 heteroatoms. The summed E-state index contributed by atoms with van der Waals surface area (Å²) in [7, 11) is -0.871. The van der Waals surface area contributed by atoms with Crippen LogP contribution in [-0.4, -0.2) is 31.6 Å². The van der Waals surface area contributed by atoms with Crippen LogP contribution in [0.2, 0.25) is 13.1 Å². The van der Waals surface area contributed by atoms with Gasteiger partial charge in [0.15, 0.2) is 0 Å². The minimum absolute atomic E-state index is 0.175. The highest BCUT2D eigenvalue weighted by atomic mass is 35.5. The minimum atomic E-state index is -0.871. The average molecular weight is 180 g/mol. The SMILES string of the molecule is C[SiH](C)C1COC(=O)N1Cl. The van der Waals surface area contributed by atoms with Crippen molar-refractivity contribution in [3.63, 3.8) is 0 Å². The molecule has 0 aliphatic carbocycles. The summed E-state index contributed by atoms with van der Waals surface area (Å²) in [6, 6.07) is 0. The zero-order chi connectivity index (χ0) is 7.72. The lowest BCUT2D eigenvalue weighted by Crippen LogP contribution is -2.35. The number of nitrogens with zero attached hydrogens (tertiary/aromatic N) is 1. The first-order valence-electron chi connectivity index (χ1n) is 3.24. The van der Waals surface area contributed by atoms with Crippen LogP contribution in [0.3, 0.4) is 0 Å². The van der Waals surface area contributed by atoms with Gasteiger partial charge in [-0.05, 0) is 0 Å². The van der Waals surface area contributed by atoms with Crippen molar-refractivity contribution in [1.82, 2.24) is 4.42 Å². The minimum Gasteiger partial charge on any atom is -0.447 e. The van der Waals surface area contributed by atoms with E-state index in [-0.39, 0.29) is 5.67 Å². The average Bonchev–Trinajstić information content (AvgIpc) is 2.14. The Balaban J connectivity index is 2.57. The molecule has 1 aliphatic rings. The van der Waals surface area contributed by atoms with E-state index in [9.17, 15) is 4.79 Å². The molecule has 1 fully saturated rings. The van der Waals surface area contributed by atoms with Gasteiger partial charge in [-0.25, -0.2) is 9.21 Å². The van der Waals surface area contributed by atoms with Crippen LogP contribution in [0.15, 0.2) is 0 Å². The fourth-order valence-corrected chi connectivity index (χ4v) is 2.78. The van der Waals surface area contributed by atoms with E-state index in [1.807, 2.05) is 0 Å². The molecule has 3 nitrogen and oxygen atoms in total. The Kier molecular flexibility index (Phi) is 2.20. The van der Waals surface area contributed by atoms with Gasteiger partial charge in [0.2, 0.25) is 0 Å². The largest absolute Gasteiger partial charge is 0.447 e. The molecule has 0 aromatic heterocycles. The van der Waals surface area contributed by atoms with Crippen molar-refractivity contribution < 1.29 is 9.53 Å². The predicted octanol–water partition coefficient (Wildman–Crippen LogP) is 0.987. The molecule has 0 aromatic carbocycles. The van der Waals surface area contributed by atoms with Crippen LogP contribution < -0.4 is 0 Å². The molecular weight excluding hydrogens is 170 g/mol. The van der Waals surface area contributed by atoms with Crippen molar-refractivity contribution in [1.29, 1.82) is 0 Å². The number of rotatable bonds is 1. The number of carbonyl (C=O) groups is 1. The first kappa shape index (κ1) is 7.88. The molecule has 1 heterocycles. The first-order valence-corrected chi connectivity index (χ1v) is 6.56. The van der Waals surface area contributed by atoms with Crippen LogP contribution in [0.5, 0.6) is 0 Å². The third-order valence-corrected chi connectivity index (χ3v) is 4.22. The molecule has 0 saturated carbocycles. The maximum atomic E-state index is 10.7. The van der Waals surface area contributed by atoms with Gasteiger partial charge < -0.3 is 4.74 Å². The molecular formula is C5H10ClNO2Si. The molecule has 1 amide bonds. The van der Waals surface area contributed by atoms with Crippen LogP contribution in [0, 0.1) is 0 Å². The van der Waals surface area contributed by atoms with Gasteiger partial charge >= 0.3 is 6.09 Å². The van der Waals surface area contributed by atoms with Crippen molar-refractivity contribution >= 4 is 26.7 Å². The number of cyclic esters (lactones) is 1. The lowest BCUT2D eigenvalue weighted by Gasteiger charge is -2.14. The summed E-state index contributed by atoms with van der Waals surface area (Å²) in [6.07, 6.45) is -0.395. The summed E-state index contributed by atoms with van der Waals surface area (Å²) in [5, 5.41) is 0. The highest BCUT2D eigenvalue weighted by Gasteiger charge is 2.34. The highest BCUT2D eigenvalue weighted by Crippen LogP contribution is 2.16. The second kappa shape index (κ2) is 2.80. The maximum Gasteiger partial charge on any atom is 0.424 e. The van der Waals surface area contributed by atoms with Crippen LogP contribution in [0.1, 0.15) is 0 Å². The normalized spacial score (nSPS) is 25.8. The molecule has 10 heavy (non-hydrogen) atoms. The molecule has 1 saturated heterocycles. The van der Waals surface area contributed by atoms with Crippen LogP contribution in [0.4, 0.5) is 4.79 Å². The Hall–Kier alpha value is -0.223. The van der Waals surface area contributed by atoms with E-state index in [1.54, 1.807) is 0 Å². The van der Waals surface area contributed by atoms with E-state index in [2.05, 4.69) is 13.1 Å². The quantitative estimate of drug-likeness (QED) is 0.444. The molecule has 1 aliphatic heterocycles. The van der Waals surface area contributed by atoms with Gasteiger partial charge in [-0.3, -0.25) is 0 Å². The van der Waals surface area contributed by atoms with Crippen molar-refractivity contribution in [3.05, 3.63) is 0 Å². The number of hydrogen-bond donors (Lipinski definition) is 0. The third-order valence-electron chi connectivity index (χ3n) is 1.61. The van der Waals surface area contributed by atoms with Gasteiger partial charge in [0.05, 0.1) is 14.5 Å². The second-order valence-electron chi connectivity index (χ2n) is 2.70.